The summed E-state index contributed by atoms with van der Waals surface area (Å²) in [6.45, 7) is 7.75. The van der Waals surface area contributed by atoms with E-state index in [1.54, 1.807) is 12.1 Å². The summed E-state index contributed by atoms with van der Waals surface area (Å²) in [5.74, 6) is 1.50. The summed E-state index contributed by atoms with van der Waals surface area (Å²) < 4.78 is 19.7. The first-order chi connectivity index (χ1) is 22.5. The lowest BCUT2D eigenvalue weighted by Crippen LogP contribution is -2.36. The summed E-state index contributed by atoms with van der Waals surface area (Å²) in [7, 11) is 0. The highest BCUT2D eigenvalue weighted by atomic mass is 16.5. The fourth-order valence-corrected chi connectivity index (χ4v) is 5.42. The fraction of sp³-hybridized carbons (Fsp3) is 0.250. The molecule has 0 aliphatic carbocycles. The van der Waals surface area contributed by atoms with Gasteiger partial charge in [0.25, 0.3) is 0 Å². The summed E-state index contributed by atoms with van der Waals surface area (Å²) in [5, 5.41) is 19.0. The Kier molecular flexibility index (Phi) is 9.45. The zero-order valence-electron chi connectivity index (χ0n) is 26.0. The molecule has 1 saturated heterocycles. The minimum absolute atomic E-state index is 0.0861. The molecule has 4 aromatic carbocycles. The number of benzene rings is 4. The van der Waals surface area contributed by atoms with Crippen LogP contribution in [0.5, 0.6) is 11.5 Å². The molecule has 1 aliphatic rings. The van der Waals surface area contributed by atoms with Gasteiger partial charge in [-0.3, -0.25) is 0 Å². The van der Waals surface area contributed by atoms with Gasteiger partial charge in [0.15, 0.2) is 5.82 Å². The average Bonchev–Trinajstić information content (AvgIpc) is 3.56. The van der Waals surface area contributed by atoms with Crippen molar-refractivity contribution < 1.29 is 24.1 Å². The monoisotopic (exact) mass is 619 g/mol. The SMILES string of the molecule is CC(C)c1cc(-n2nncc2N(C(=O)O)c2ccc(N3CCOCC3)cc2)c(OCc2ccccc2)cc1OCc1ccccc1. The zero-order valence-corrected chi connectivity index (χ0v) is 26.0. The van der Waals surface area contributed by atoms with Crippen LogP contribution >= 0.6 is 0 Å². The Balaban J connectivity index is 1.39. The van der Waals surface area contributed by atoms with Crippen LogP contribution in [0.1, 0.15) is 36.5 Å². The van der Waals surface area contributed by atoms with Gasteiger partial charge in [0.1, 0.15) is 30.4 Å². The van der Waals surface area contributed by atoms with Crippen LogP contribution in [0.25, 0.3) is 5.69 Å². The number of ether oxygens (including phenoxy) is 3. The normalized spacial score (nSPS) is 13.1. The second-order valence-corrected chi connectivity index (χ2v) is 11.3. The standard InChI is InChI=1S/C36H37N5O5/c1-26(2)31-21-32(34(46-25-28-11-7-4-8-12-28)22-33(31)45-24-27-9-5-3-6-10-27)41-35(23-37-38-41)40(36(42)43)30-15-13-29(14-16-30)39-17-19-44-20-18-39/h3-16,21-23,26H,17-20,24-25H2,1-2H3,(H,42,43). The summed E-state index contributed by atoms with van der Waals surface area (Å²) in [5.41, 5.74) is 4.98. The topological polar surface area (TPSA) is 102 Å². The molecule has 6 rings (SSSR count). The molecule has 0 unspecified atom stereocenters. The van der Waals surface area contributed by atoms with Crippen molar-refractivity contribution in [3.8, 4) is 17.2 Å². The van der Waals surface area contributed by atoms with Crippen molar-refractivity contribution in [3.05, 3.63) is 120 Å². The second kappa shape index (κ2) is 14.2. The van der Waals surface area contributed by atoms with Gasteiger partial charge in [0.2, 0.25) is 0 Å². The van der Waals surface area contributed by atoms with Gasteiger partial charge >= 0.3 is 6.09 Å². The predicted molar refractivity (Wildman–Crippen MR) is 177 cm³/mol. The quantitative estimate of drug-likeness (QED) is 0.166. The van der Waals surface area contributed by atoms with E-state index in [0.29, 0.717) is 49.3 Å². The third-order valence-corrected chi connectivity index (χ3v) is 7.85. The van der Waals surface area contributed by atoms with E-state index in [1.165, 1.54) is 15.8 Å². The van der Waals surface area contributed by atoms with Gasteiger partial charge in [-0.1, -0.05) is 79.7 Å². The molecule has 0 bridgehead atoms. The molecule has 10 nitrogen and oxygen atoms in total. The molecule has 46 heavy (non-hydrogen) atoms. The van der Waals surface area contributed by atoms with Crippen LogP contribution in [0.2, 0.25) is 0 Å². The summed E-state index contributed by atoms with van der Waals surface area (Å²) >= 11 is 0. The van der Waals surface area contributed by atoms with Gasteiger partial charge in [-0.25, -0.2) is 9.69 Å². The molecule has 1 aliphatic heterocycles. The van der Waals surface area contributed by atoms with Crippen molar-refractivity contribution in [2.75, 3.05) is 36.1 Å². The van der Waals surface area contributed by atoms with Crippen molar-refractivity contribution in [1.29, 1.82) is 0 Å². The van der Waals surface area contributed by atoms with Crippen molar-refractivity contribution >= 4 is 23.3 Å². The largest absolute Gasteiger partial charge is 0.488 e. The molecule has 5 aromatic rings. The summed E-state index contributed by atoms with van der Waals surface area (Å²) in [6.07, 6.45) is 0.279. The van der Waals surface area contributed by atoms with Gasteiger partial charge in [-0.15, -0.1) is 5.10 Å². The van der Waals surface area contributed by atoms with Gasteiger partial charge in [0.05, 0.1) is 25.1 Å². The minimum atomic E-state index is -1.17. The van der Waals surface area contributed by atoms with Crippen molar-refractivity contribution in [2.24, 2.45) is 0 Å². The molecule has 236 valence electrons. The highest BCUT2D eigenvalue weighted by Gasteiger charge is 2.26. The van der Waals surface area contributed by atoms with Crippen LogP contribution in [0, 0.1) is 0 Å². The molecule has 1 N–H and O–H groups in total. The van der Waals surface area contributed by atoms with E-state index in [0.717, 1.165) is 35.5 Å². The number of morpholine rings is 1. The maximum atomic E-state index is 12.8. The Bertz CT molecular complexity index is 1740. The highest BCUT2D eigenvalue weighted by Crippen LogP contribution is 2.39. The average molecular weight is 620 g/mol. The van der Waals surface area contributed by atoms with Crippen LogP contribution in [0.15, 0.2) is 103 Å². The maximum absolute atomic E-state index is 12.8. The number of amides is 1. The predicted octanol–water partition coefficient (Wildman–Crippen LogP) is 7.20. The van der Waals surface area contributed by atoms with Gasteiger partial charge in [-0.2, -0.15) is 4.68 Å². The summed E-state index contributed by atoms with van der Waals surface area (Å²) in [6, 6.07) is 31.1. The van der Waals surface area contributed by atoms with Crippen LogP contribution in [0.4, 0.5) is 22.0 Å². The summed E-state index contributed by atoms with van der Waals surface area (Å²) in [4.78, 5) is 16.2. The number of nitrogens with zero attached hydrogens (tertiary/aromatic N) is 5. The van der Waals surface area contributed by atoms with E-state index in [1.807, 2.05) is 84.9 Å². The van der Waals surface area contributed by atoms with Gasteiger partial charge in [-0.05, 0) is 52.9 Å². The second-order valence-electron chi connectivity index (χ2n) is 11.3. The number of carboxylic acid groups (broad SMARTS) is 1. The van der Waals surface area contributed by atoms with Crippen molar-refractivity contribution in [1.82, 2.24) is 15.0 Å². The van der Waals surface area contributed by atoms with Crippen LogP contribution in [-0.4, -0.2) is 52.5 Å². The highest BCUT2D eigenvalue weighted by molar-refractivity contribution is 5.94. The number of hydrogen-bond donors (Lipinski definition) is 1. The van der Waals surface area contributed by atoms with Gasteiger partial charge in [0, 0.05) is 24.8 Å². The Morgan fingerprint density at radius 3 is 2.07 bits per heavy atom. The van der Waals surface area contributed by atoms with Crippen LogP contribution in [-0.2, 0) is 18.0 Å². The van der Waals surface area contributed by atoms with Crippen LogP contribution < -0.4 is 19.3 Å². The Morgan fingerprint density at radius 2 is 1.48 bits per heavy atom. The molecule has 0 spiro atoms. The lowest BCUT2D eigenvalue weighted by atomic mass is 10.0. The maximum Gasteiger partial charge on any atom is 0.417 e. The molecule has 1 aromatic heterocycles. The Morgan fingerprint density at radius 1 is 0.870 bits per heavy atom. The molecule has 0 radical (unpaired) electrons. The molecule has 1 amide bonds. The first kappa shape index (κ1) is 30.7. The Labute approximate surface area is 268 Å². The minimum Gasteiger partial charge on any atom is -0.488 e. The van der Waals surface area contributed by atoms with Crippen molar-refractivity contribution in [2.45, 2.75) is 33.0 Å². The van der Waals surface area contributed by atoms with Crippen LogP contribution in [0.3, 0.4) is 0 Å². The van der Waals surface area contributed by atoms with E-state index in [9.17, 15) is 9.90 Å². The Hall–Kier alpha value is -5.35. The molecule has 0 atom stereocenters. The molecule has 2 heterocycles. The van der Waals surface area contributed by atoms with E-state index in [2.05, 4.69) is 29.1 Å². The van der Waals surface area contributed by atoms with Gasteiger partial charge < -0.3 is 24.2 Å². The smallest absolute Gasteiger partial charge is 0.417 e. The number of aromatic nitrogens is 3. The molecular formula is C36H37N5O5. The van der Waals surface area contributed by atoms with E-state index < -0.39 is 6.09 Å². The third-order valence-electron chi connectivity index (χ3n) is 7.85. The number of carbonyl (C=O) groups is 1. The molecule has 1 fully saturated rings. The molecule has 10 heteroatoms. The van der Waals surface area contributed by atoms with E-state index in [-0.39, 0.29) is 11.7 Å². The number of hydrogen-bond acceptors (Lipinski definition) is 7. The zero-order chi connectivity index (χ0) is 31.9. The van der Waals surface area contributed by atoms with Crippen molar-refractivity contribution in [3.63, 3.8) is 0 Å². The first-order valence-corrected chi connectivity index (χ1v) is 15.4. The molecule has 0 saturated carbocycles. The number of anilines is 3. The lowest BCUT2D eigenvalue weighted by molar-refractivity contribution is 0.122. The van der Waals surface area contributed by atoms with E-state index in [4.69, 9.17) is 14.2 Å². The van der Waals surface area contributed by atoms with E-state index >= 15 is 0 Å². The fourth-order valence-electron chi connectivity index (χ4n) is 5.42. The lowest BCUT2D eigenvalue weighted by Gasteiger charge is -2.29. The first-order valence-electron chi connectivity index (χ1n) is 15.4. The molecular weight excluding hydrogens is 582 g/mol. The third kappa shape index (κ3) is 6.97. The number of rotatable bonds is 11.